The van der Waals surface area contributed by atoms with Crippen molar-refractivity contribution in [3.05, 3.63) is 51.1 Å². The normalized spacial score (nSPS) is 21.1. The molecular formula is C25H27ClN4OS. The number of aromatic nitrogens is 2. The number of rotatable bonds is 3. The summed E-state index contributed by atoms with van der Waals surface area (Å²) in [4.78, 5) is 30.1. The summed E-state index contributed by atoms with van der Waals surface area (Å²) in [5.74, 6) is 3.50. The number of carbonyl (C=O) groups is 1. The first-order chi connectivity index (χ1) is 15.6. The Morgan fingerprint density at radius 3 is 2.53 bits per heavy atom. The molecule has 3 heterocycles. The predicted octanol–water partition coefficient (Wildman–Crippen LogP) is 5.31. The smallest absolute Gasteiger partial charge is 0.253 e. The first kappa shape index (κ1) is 20.4. The van der Waals surface area contributed by atoms with Crippen molar-refractivity contribution in [2.75, 3.05) is 31.1 Å². The molecule has 3 aliphatic rings. The molecule has 0 N–H and O–H groups in total. The number of piperazine rings is 1. The summed E-state index contributed by atoms with van der Waals surface area (Å²) >= 11 is 7.87. The van der Waals surface area contributed by atoms with Crippen molar-refractivity contribution in [3.8, 4) is 0 Å². The minimum absolute atomic E-state index is 0.0784. The molecule has 5 nitrogen and oxygen atoms in total. The van der Waals surface area contributed by atoms with Crippen molar-refractivity contribution >= 4 is 44.9 Å². The molecule has 32 heavy (non-hydrogen) atoms. The molecule has 166 valence electrons. The third-order valence-corrected chi connectivity index (χ3v) is 8.45. The Morgan fingerprint density at radius 2 is 1.81 bits per heavy atom. The van der Waals surface area contributed by atoms with Crippen LogP contribution in [0.3, 0.4) is 0 Å². The molecule has 1 amide bonds. The van der Waals surface area contributed by atoms with E-state index in [4.69, 9.17) is 21.6 Å². The fourth-order valence-electron chi connectivity index (χ4n) is 4.99. The summed E-state index contributed by atoms with van der Waals surface area (Å²) in [5, 5.41) is 1.94. The Morgan fingerprint density at radius 1 is 1.06 bits per heavy atom. The number of thiophene rings is 1. The third kappa shape index (κ3) is 3.67. The highest BCUT2D eigenvalue weighted by Crippen LogP contribution is 2.44. The van der Waals surface area contributed by atoms with E-state index in [0.29, 0.717) is 29.6 Å². The first-order valence-corrected chi connectivity index (χ1v) is 12.9. The molecule has 1 unspecified atom stereocenters. The molecule has 1 saturated heterocycles. The van der Waals surface area contributed by atoms with Gasteiger partial charge in [-0.05, 0) is 67.9 Å². The molecule has 2 aromatic heterocycles. The van der Waals surface area contributed by atoms with E-state index >= 15 is 0 Å². The molecule has 1 saturated carbocycles. The van der Waals surface area contributed by atoms with E-state index in [1.165, 1.54) is 39.9 Å². The summed E-state index contributed by atoms with van der Waals surface area (Å²) in [6.45, 7) is 5.36. The van der Waals surface area contributed by atoms with Crippen LogP contribution in [0, 0.1) is 5.92 Å². The SMILES string of the molecule is CC1CCc2c(sc3nc(C4CC4)nc(N4CCN(C(=O)c5ccc(Cl)cc5)CC4)c23)C1. The Labute approximate surface area is 197 Å². The van der Waals surface area contributed by atoms with Crippen molar-refractivity contribution in [1.29, 1.82) is 0 Å². The van der Waals surface area contributed by atoms with Crippen molar-refractivity contribution in [2.24, 2.45) is 5.92 Å². The zero-order valence-electron chi connectivity index (χ0n) is 18.3. The van der Waals surface area contributed by atoms with Crippen molar-refractivity contribution in [3.63, 3.8) is 0 Å². The highest BCUT2D eigenvalue weighted by atomic mass is 35.5. The highest BCUT2D eigenvalue weighted by Gasteiger charge is 2.32. The van der Waals surface area contributed by atoms with Gasteiger partial charge in [-0.3, -0.25) is 4.79 Å². The maximum atomic E-state index is 12.9. The number of aryl methyl sites for hydroxylation is 1. The van der Waals surface area contributed by atoms with Gasteiger partial charge in [0, 0.05) is 47.6 Å². The minimum atomic E-state index is 0.0784. The fraction of sp³-hybridized carbons (Fsp3) is 0.480. The third-order valence-electron chi connectivity index (χ3n) is 7.05. The van der Waals surface area contributed by atoms with E-state index in [1.807, 2.05) is 28.4 Å². The van der Waals surface area contributed by atoms with Crippen LogP contribution in [0.25, 0.3) is 10.2 Å². The molecule has 1 aromatic carbocycles. The van der Waals surface area contributed by atoms with Gasteiger partial charge in [0.1, 0.15) is 16.5 Å². The maximum absolute atomic E-state index is 12.9. The van der Waals surface area contributed by atoms with Crippen LogP contribution in [0.15, 0.2) is 24.3 Å². The second-order valence-corrected chi connectivity index (χ2v) is 11.0. The zero-order valence-corrected chi connectivity index (χ0v) is 19.9. The van der Waals surface area contributed by atoms with Gasteiger partial charge in [-0.15, -0.1) is 11.3 Å². The van der Waals surface area contributed by atoms with Crippen LogP contribution >= 0.6 is 22.9 Å². The molecule has 0 radical (unpaired) electrons. The molecule has 1 atom stereocenters. The predicted molar refractivity (Wildman–Crippen MR) is 130 cm³/mol. The van der Waals surface area contributed by atoms with Gasteiger partial charge in [-0.25, -0.2) is 9.97 Å². The molecule has 7 heteroatoms. The van der Waals surface area contributed by atoms with Crippen LogP contribution in [0.1, 0.15) is 58.7 Å². The fourth-order valence-corrected chi connectivity index (χ4v) is 6.50. The van der Waals surface area contributed by atoms with Crippen LogP contribution in [-0.2, 0) is 12.8 Å². The molecular weight excluding hydrogens is 440 g/mol. The lowest BCUT2D eigenvalue weighted by Gasteiger charge is -2.36. The number of fused-ring (bicyclic) bond motifs is 3. The average molecular weight is 467 g/mol. The maximum Gasteiger partial charge on any atom is 0.253 e. The van der Waals surface area contributed by atoms with Gasteiger partial charge in [0.2, 0.25) is 0 Å². The average Bonchev–Trinajstić information content (AvgIpc) is 3.59. The van der Waals surface area contributed by atoms with Crippen molar-refractivity contribution < 1.29 is 4.79 Å². The van der Waals surface area contributed by atoms with Gasteiger partial charge >= 0.3 is 0 Å². The molecule has 0 bridgehead atoms. The molecule has 6 rings (SSSR count). The zero-order chi connectivity index (χ0) is 21.8. The molecule has 0 spiro atoms. The highest BCUT2D eigenvalue weighted by molar-refractivity contribution is 7.19. The number of carbonyl (C=O) groups excluding carboxylic acids is 1. The molecule has 3 aromatic rings. The van der Waals surface area contributed by atoms with Gasteiger partial charge in [-0.1, -0.05) is 18.5 Å². The van der Waals surface area contributed by atoms with Crippen LogP contribution in [0.2, 0.25) is 5.02 Å². The lowest BCUT2D eigenvalue weighted by molar-refractivity contribution is 0.0746. The summed E-state index contributed by atoms with van der Waals surface area (Å²) < 4.78 is 0. The minimum Gasteiger partial charge on any atom is -0.352 e. The molecule has 1 aliphatic heterocycles. The van der Waals surface area contributed by atoms with Crippen LogP contribution in [0.4, 0.5) is 5.82 Å². The number of halogens is 1. The van der Waals surface area contributed by atoms with Gasteiger partial charge in [0.15, 0.2) is 0 Å². The Bertz CT molecular complexity index is 1180. The molecule has 2 fully saturated rings. The Balaban J connectivity index is 1.29. The number of benzene rings is 1. The van der Waals surface area contributed by atoms with E-state index in [-0.39, 0.29) is 5.91 Å². The quantitative estimate of drug-likeness (QED) is 0.525. The topological polar surface area (TPSA) is 49.3 Å². The number of hydrogen-bond acceptors (Lipinski definition) is 5. The van der Waals surface area contributed by atoms with Crippen LogP contribution in [0.5, 0.6) is 0 Å². The standard InChI is InChI=1S/C25H27ClN4OS/c1-15-2-9-19-20(14-15)32-24-21(19)23(27-22(28-24)16-3-4-16)29-10-12-30(13-11-29)25(31)17-5-7-18(26)8-6-17/h5-8,15-16H,2-4,9-14H2,1H3. The second kappa shape index (κ2) is 7.99. The summed E-state index contributed by atoms with van der Waals surface area (Å²) in [7, 11) is 0. The van der Waals surface area contributed by atoms with E-state index in [2.05, 4.69) is 11.8 Å². The molecule has 2 aliphatic carbocycles. The summed E-state index contributed by atoms with van der Waals surface area (Å²) in [6.07, 6.45) is 5.95. The lowest BCUT2D eigenvalue weighted by Crippen LogP contribution is -2.49. The lowest BCUT2D eigenvalue weighted by atomic mass is 9.89. The van der Waals surface area contributed by atoms with E-state index < -0.39 is 0 Å². The van der Waals surface area contributed by atoms with Gasteiger partial charge in [0.05, 0.1) is 5.39 Å². The van der Waals surface area contributed by atoms with Gasteiger partial charge in [0.25, 0.3) is 5.91 Å². The van der Waals surface area contributed by atoms with E-state index in [0.717, 1.165) is 43.5 Å². The summed E-state index contributed by atoms with van der Waals surface area (Å²) in [5.41, 5.74) is 2.18. The van der Waals surface area contributed by atoms with Crippen molar-refractivity contribution in [2.45, 2.75) is 44.9 Å². The van der Waals surface area contributed by atoms with Crippen molar-refractivity contribution in [1.82, 2.24) is 14.9 Å². The Kier molecular flexibility index (Phi) is 5.10. The van der Waals surface area contributed by atoms with Gasteiger partial charge < -0.3 is 9.80 Å². The van der Waals surface area contributed by atoms with Crippen LogP contribution in [-0.4, -0.2) is 47.0 Å². The second-order valence-electron chi connectivity index (χ2n) is 9.50. The van der Waals surface area contributed by atoms with E-state index in [1.54, 1.807) is 12.1 Å². The number of hydrogen-bond donors (Lipinski definition) is 0. The largest absolute Gasteiger partial charge is 0.352 e. The summed E-state index contributed by atoms with van der Waals surface area (Å²) in [6, 6.07) is 7.18. The monoisotopic (exact) mass is 466 g/mol. The Hall–Kier alpha value is -2.18. The van der Waals surface area contributed by atoms with E-state index in [9.17, 15) is 4.79 Å². The first-order valence-electron chi connectivity index (χ1n) is 11.7. The number of nitrogens with zero attached hydrogens (tertiary/aromatic N) is 4. The number of anilines is 1. The van der Waals surface area contributed by atoms with Crippen LogP contribution < -0.4 is 4.90 Å². The number of amides is 1. The van der Waals surface area contributed by atoms with Gasteiger partial charge in [-0.2, -0.15) is 0 Å².